The maximum atomic E-state index is 12.7. The van der Waals surface area contributed by atoms with Crippen LogP contribution in [-0.4, -0.2) is 53.0 Å². The number of thiophene rings is 1. The summed E-state index contributed by atoms with van der Waals surface area (Å²) in [6.45, 7) is 4.61. The number of aromatic nitrogens is 1. The van der Waals surface area contributed by atoms with E-state index in [4.69, 9.17) is 0 Å². The van der Waals surface area contributed by atoms with Crippen molar-refractivity contribution in [1.82, 2.24) is 9.88 Å². The normalized spacial score (nSPS) is 24.2. The van der Waals surface area contributed by atoms with Gasteiger partial charge in [0.25, 0.3) is 5.91 Å². The Hall–Kier alpha value is -1.67. The lowest BCUT2D eigenvalue weighted by Crippen LogP contribution is -2.34. The molecule has 4 rings (SSSR count). The van der Waals surface area contributed by atoms with E-state index in [1.807, 2.05) is 6.07 Å². The smallest absolute Gasteiger partial charge is 0.311 e. The molecule has 24 heavy (non-hydrogen) atoms. The van der Waals surface area contributed by atoms with Gasteiger partial charge >= 0.3 is 5.97 Å². The Balaban J connectivity index is 1.53. The van der Waals surface area contributed by atoms with Crippen LogP contribution in [0.25, 0.3) is 9.53 Å². The zero-order valence-electron chi connectivity index (χ0n) is 13.4. The number of thiazole rings is 1. The minimum atomic E-state index is -0.832. The minimum absolute atomic E-state index is 0.0714. The fourth-order valence-corrected chi connectivity index (χ4v) is 5.57. The summed E-state index contributed by atoms with van der Waals surface area (Å²) in [5, 5.41) is 10.4. The molecule has 6 nitrogen and oxygen atoms in total. The summed E-state index contributed by atoms with van der Waals surface area (Å²) < 4.78 is 1.05. The highest BCUT2D eigenvalue weighted by molar-refractivity contribution is 7.29. The van der Waals surface area contributed by atoms with Gasteiger partial charge < -0.3 is 14.9 Å². The van der Waals surface area contributed by atoms with E-state index in [9.17, 15) is 14.7 Å². The van der Waals surface area contributed by atoms with Crippen molar-refractivity contribution in [2.75, 3.05) is 31.1 Å². The lowest BCUT2D eigenvalue weighted by atomic mass is 9.90. The van der Waals surface area contributed by atoms with Gasteiger partial charge in [-0.05, 0) is 32.3 Å². The highest BCUT2D eigenvalue weighted by Gasteiger charge is 2.42. The van der Waals surface area contributed by atoms with Crippen molar-refractivity contribution in [3.05, 3.63) is 10.9 Å². The number of aliphatic carboxylic acids is 1. The third-order valence-electron chi connectivity index (χ3n) is 4.94. The fraction of sp³-hybridized carbons (Fsp3) is 0.562. The zero-order valence-corrected chi connectivity index (χ0v) is 15.1. The van der Waals surface area contributed by atoms with Crippen LogP contribution < -0.4 is 4.90 Å². The Kier molecular flexibility index (Phi) is 3.76. The molecule has 2 saturated heterocycles. The molecule has 1 atom stereocenters. The molecule has 2 aliphatic heterocycles. The average molecular weight is 365 g/mol. The van der Waals surface area contributed by atoms with E-state index in [2.05, 4.69) is 9.88 Å². The van der Waals surface area contributed by atoms with Gasteiger partial charge in [-0.15, -0.1) is 11.3 Å². The summed E-state index contributed by atoms with van der Waals surface area (Å²) in [6.07, 6.45) is 2.94. The lowest BCUT2D eigenvalue weighted by molar-refractivity contribution is -0.147. The van der Waals surface area contributed by atoms with Crippen molar-refractivity contribution in [2.24, 2.45) is 5.41 Å². The van der Waals surface area contributed by atoms with Crippen LogP contribution >= 0.6 is 22.7 Å². The zero-order chi connectivity index (χ0) is 16.9. The van der Waals surface area contributed by atoms with Crippen LogP contribution in [0.1, 0.15) is 35.9 Å². The molecular formula is C16H19N3O3S2. The summed E-state index contributed by atoms with van der Waals surface area (Å²) in [4.78, 5) is 34.2. The number of carbonyl (C=O) groups excluding carboxylic acids is 1. The number of fused-ring (bicyclic) bond motifs is 1. The summed E-state index contributed by atoms with van der Waals surface area (Å²) in [5.41, 5.74) is -0.828. The second-order valence-electron chi connectivity index (χ2n) is 6.81. The quantitative estimate of drug-likeness (QED) is 0.905. The van der Waals surface area contributed by atoms with Crippen molar-refractivity contribution < 1.29 is 14.7 Å². The number of nitrogens with zero attached hydrogens (tertiary/aromatic N) is 3. The molecular weight excluding hydrogens is 346 g/mol. The van der Waals surface area contributed by atoms with Crippen molar-refractivity contribution in [3.8, 4) is 0 Å². The van der Waals surface area contributed by atoms with Crippen LogP contribution in [0.3, 0.4) is 0 Å². The number of likely N-dealkylation sites (tertiary alicyclic amines) is 1. The molecule has 2 fully saturated rings. The van der Waals surface area contributed by atoms with Crippen LogP contribution in [0.15, 0.2) is 6.07 Å². The highest BCUT2D eigenvalue weighted by atomic mass is 32.1. The molecule has 2 aliphatic rings. The Labute approximate surface area is 147 Å². The SMILES string of the molecule is CC1(C(=O)O)CCN(C(=O)c2cc3sc(N4CCCC4)nc3s2)C1. The van der Waals surface area contributed by atoms with Crippen molar-refractivity contribution >= 4 is 49.2 Å². The summed E-state index contributed by atoms with van der Waals surface area (Å²) in [6, 6.07) is 1.91. The number of carbonyl (C=O) groups is 2. The molecule has 0 radical (unpaired) electrons. The predicted octanol–water partition coefficient (Wildman–Crippen LogP) is 2.89. The molecule has 1 N–H and O–H groups in total. The van der Waals surface area contributed by atoms with E-state index in [1.165, 1.54) is 24.2 Å². The second-order valence-corrected chi connectivity index (χ2v) is 8.85. The summed E-state index contributed by atoms with van der Waals surface area (Å²) >= 11 is 3.05. The van der Waals surface area contributed by atoms with Gasteiger partial charge in [0.1, 0.15) is 4.83 Å². The molecule has 0 spiro atoms. The average Bonchev–Trinajstić information content (AvgIpc) is 3.28. The fourth-order valence-electron chi connectivity index (χ4n) is 3.34. The first-order valence-electron chi connectivity index (χ1n) is 8.14. The van der Waals surface area contributed by atoms with Crippen LogP contribution in [0, 0.1) is 5.41 Å². The molecule has 1 unspecified atom stereocenters. The first-order valence-corrected chi connectivity index (χ1v) is 9.78. The molecule has 0 aliphatic carbocycles. The van der Waals surface area contributed by atoms with Crippen molar-refractivity contribution in [1.29, 1.82) is 0 Å². The number of hydrogen-bond acceptors (Lipinski definition) is 6. The number of anilines is 1. The number of carboxylic acids is 1. The third kappa shape index (κ3) is 2.57. The van der Waals surface area contributed by atoms with Crippen LogP contribution in [-0.2, 0) is 4.79 Å². The van der Waals surface area contributed by atoms with Gasteiger partial charge in [0, 0.05) is 26.2 Å². The minimum Gasteiger partial charge on any atom is -0.481 e. The van der Waals surface area contributed by atoms with Crippen LogP contribution in [0.2, 0.25) is 0 Å². The van der Waals surface area contributed by atoms with E-state index in [1.54, 1.807) is 23.2 Å². The molecule has 4 heterocycles. The topological polar surface area (TPSA) is 73.7 Å². The Morgan fingerprint density at radius 3 is 2.62 bits per heavy atom. The van der Waals surface area contributed by atoms with Gasteiger partial charge in [-0.25, -0.2) is 4.98 Å². The van der Waals surface area contributed by atoms with Gasteiger partial charge in [-0.3, -0.25) is 9.59 Å². The number of carboxylic acid groups (broad SMARTS) is 1. The lowest BCUT2D eigenvalue weighted by Gasteiger charge is -2.19. The van der Waals surface area contributed by atoms with Gasteiger partial charge in [-0.2, -0.15) is 0 Å². The van der Waals surface area contributed by atoms with Crippen LogP contribution in [0.5, 0.6) is 0 Å². The highest BCUT2D eigenvalue weighted by Crippen LogP contribution is 2.37. The molecule has 0 bridgehead atoms. The molecule has 8 heteroatoms. The molecule has 2 aromatic heterocycles. The largest absolute Gasteiger partial charge is 0.481 e. The first-order chi connectivity index (χ1) is 11.5. The molecule has 128 valence electrons. The molecule has 2 aromatic rings. The van der Waals surface area contributed by atoms with Gasteiger partial charge in [0.2, 0.25) is 0 Å². The molecule has 0 saturated carbocycles. The number of hydrogen-bond donors (Lipinski definition) is 1. The first kappa shape index (κ1) is 15.8. The van der Waals surface area contributed by atoms with E-state index in [0.717, 1.165) is 27.8 Å². The Morgan fingerprint density at radius 2 is 2.00 bits per heavy atom. The Bertz CT molecular complexity index is 777. The molecule has 1 amide bonds. The standard InChI is InChI=1S/C16H19N3O3S2/c1-16(14(21)22)4-7-19(9-16)13(20)11-8-10-12(23-11)17-15(24-10)18-5-2-3-6-18/h8H,2-7,9H2,1H3,(H,21,22). The molecule has 0 aromatic carbocycles. The van der Waals surface area contributed by atoms with Crippen molar-refractivity contribution in [2.45, 2.75) is 26.2 Å². The van der Waals surface area contributed by atoms with E-state index >= 15 is 0 Å². The predicted molar refractivity (Wildman–Crippen MR) is 95.2 cm³/mol. The maximum absolute atomic E-state index is 12.7. The van der Waals surface area contributed by atoms with Crippen molar-refractivity contribution in [3.63, 3.8) is 0 Å². The third-order valence-corrected chi connectivity index (χ3v) is 7.15. The van der Waals surface area contributed by atoms with Crippen LogP contribution in [0.4, 0.5) is 5.13 Å². The maximum Gasteiger partial charge on any atom is 0.311 e. The number of rotatable bonds is 3. The summed E-state index contributed by atoms with van der Waals surface area (Å²) in [7, 11) is 0. The van der Waals surface area contributed by atoms with Gasteiger partial charge in [0.05, 0.1) is 15.0 Å². The Morgan fingerprint density at radius 1 is 1.25 bits per heavy atom. The number of amides is 1. The van der Waals surface area contributed by atoms with Gasteiger partial charge in [0.15, 0.2) is 5.13 Å². The van der Waals surface area contributed by atoms with E-state index < -0.39 is 11.4 Å². The van der Waals surface area contributed by atoms with Gasteiger partial charge in [-0.1, -0.05) is 11.3 Å². The summed E-state index contributed by atoms with van der Waals surface area (Å²) in [5.74, 6) is -0.903. The monoisotopic (exact) mass is 365 g/mol. The second kappa shape index (κ2) is 5.70. The van der Waals surface area contributed by atoms with E-state index in [-0.39, 0.29) is 12.5 Å². The van der Waals surface area contributed by atoms with E-state index in [0.29, 0.717) is 17.8 Å².